The van der Waals surface area contributed by atoms with Gasteiger partial charge in [0, 0.05) is 11.6 Å². The fraction of sp³-hybridized carbons (Fsp3) is 0.0588. The van der Waals surface area contributed by atoms with Crippen LogP contribution in [0.2, 0.25) is 5.02 Å². The molecule has 3 aromatic rings. The number of hydrogen-bond donors (Lipinski definition) is 1. The van der Waals surface area contributed by atoms with Gasteiger partial charge < -0.3 is 5.73 Å². The van der Waals surface area contributed by atoms with Crippen LogP contribution in [0.1, 0.15) is 17.0 Å². The summed E-state index contributed by atoms with van der Waals surface area (Å²) in [5.74, 6) is 0. The molecule has 0 radical (unpaired) electrons. The van der Waals surface area contributed by atoms with Crippen molar-refractivity contribution in [2.75, 3.05) is 0 Å². The lowest BCUT2D eigenvalue weighted by molar-refractivity contribution is 0.793. The number of nitrogens with two attached hydrogens (primary N) is 1. The lowest BCUT2D eigenvalue weighted by Gasteiger charge is -2.04. The minimum absolute atomic E-state index is 0.335. The molecule has 22 heavy (non-hydrogen) atoms. The van der Waals surface area contributed by atoms with E-state index >= 15 is 0 Å². The molecule has 0 aliphatic heterocycles. The first-order valence-corrected chi connectivity index (χ1v) is 7.29. The van der Waals surface area contributed by atoms with Crippen molar-refractivity contribution < 1.29 is 0 Å². The third-order valence-corrected chi connectivity index (χ3v) is 3.53. The van der Waals surface area contributed by atoms with E-state index in [2.05, 4.69) is 10.3 Å². The van der Waals surface area contributed by atoms with Crippen LogP contribution < -0.4 is 5.73 Å². The van der Waals surface area contributed by atoms with Crippen LogP contribution in [0.3, 0.4) is 0 Å². The summed E-state index contributed by atoms with van der Waals surface area (Å²) in [6, 6.07) is 17.5. The summed E-state index contributed by atoms with van der Waals surface area (Å²) in [7, 11) is 0. The van der Waals surface area contributed by atoms with Gasteiger partial charge in [0.15, 0.2) is 0 Å². The Morgan fingerprint density at radius 3 is 2.41 bits per heavy atom. The second-order valence-corrected chi connectivity index (χ2v) is 5.19. The Hall–Kier alpha value is -2.43. The third-order valence-electron chi connectivity index (χ3n) is 3.28. The molecule has 0 fully saturated rings. The molecule has 0 bridgehead atoms. The van der Waals surface area contributed by atoms with Crippen molar-refractivity contribution in [1.82, 2.24) is 15.0 Å². The lowest BCUT2D eigenvalue weighted by Crippen LogP contribution is -2.02. The molecule has 0 spiro atoms. The van der Waals surface area contributed by atoms with Gasteiger partial charge in [-0.15, -0.1) is 5.10 Å². The van der Waals surface area contributed by atoms with E-state index in [1.165, 1.54) is 0 Å². The van der Waals surface area contributed by atoms with Crippen LogP contribution >= 0.6 is 11.6 Å². The number of benzene rings is 2. The Morgan fingerprint density at radius 2 is 1.73 bits per heavy atom. The first kappa shape index (κ1) is 14.5. The largest absolute Gasteiger partial charge is 0.325 e. The fourth-order valence-corrected chi connectivity index (χ4v) is 2.27. The third kappa shape index (κ3) is 3.08. The van der Waals surface area contributed by atoms with Crippen molar-refractivity contribution in [1.29, 1.82) is 0 Å². The van der Waals surface area contributed by atoms with Gasteiger partial charge in [0.2, 0.25) is 0 Å². The van der Waals surface area contributed by atoms with Gasteiger partial charge >= 0.3 is 0 Å². The van der Waals surface area contributed by atoms with Gasteiger partial charge in [-0.2, -0.15) is 0 Å². The van der Waals surface area contributed by atoms with E-state index in [-0.39, 0.29) is 0 Å². The van der Waals surface area contributed by atoms with E-state index < -0.39 is 0 Å². The van der Waals surface area contributed by atoms with Crippen molar-refractivity contribution in [2.24, 2.45) is 5.73 Å². The van der Waals surface area contributed by atoms with Gasteiger partial charge in [0.05, 0.1) is 11.4 Å². The van der Waals surface area contributed by atoms with Gasteiger partial charge in [-0.25, -0.2) is 4.68 Å². The van der Waals surface area contributed by atoms with Gasteiger partial charge in [-0.1, -0.05) is 53.2 Å². The van der Waals surface area contributed by atoms with Gasteiger partial charge in [-0.3, -0.25) is 0 Å². The van der Waals surface area contributed by atoms with Crippen molar-refractivity contribution in [3.63, 3.8) is 0 Å². The second-order valence-electron chi connectivity index (χ2n) is 4.76. The Balaban J connectivity index is 2.00. The summed E-state index contributed by atoms with van der Waals surface area (Å²) in [5, 5.41) is 9.03. The zero-order valence-corrected chi connectivity index (χ0v) is 12.6. The van der Waals surface area contributed by atoms with E-state index in [4.69, 9.17) is 17.3 Å². The average molecular weight is 311 g/mol. The molecular formula is C17H15ClN4. The summed E-state index contributed by atoms with van der Waals surface area (Å²) in [4.78, 5) is 0. The topological polar surface area (TPSA) is 56.7 Å². The Morgan fingerprint density at radius 1 is 1.00 bits per heavy atom. The highest BCUT2D eigenvalue weighted by Gasteiger charge is 2.10. The number of nitrogens with zero attached hydrogens (tertiary/aromatic N) is 3. The van der Waals surface area contributed by atoms with Crippen LogP contribution in [0, 0.1) is 0 Å². The smallest absolute Gasteiger partial charge is 0.104 e. The molecule has 2 aromatic carbocycles. The van der Waals surface area contributed by atoms with Crippen molar-refractivity contribution in [3.8, 4) is 5.69 Å². The first-order valence-electron chi connectivity index (χ1n) is 6.91. The molecule has 4 nitrogen and oxygen atoms in total. The molecule has 3 rings (SSSR count). The predicted octanol–water partition coefficient (Wildman–Crippen LogP) is 3.55. The minimum atomic E-state index is 0.335. The molecule has 0 aliphatic carbocycles. The van der Waals surface area contributed by atoms with Crippen molar-refractivity contribution >= 4 is 23.8 Å². The number of hydrogen-bond acceptors (Lipinski definition) is 3. The summed E-state index contributed by atoms with van der Waals surface area (Å²) in [6.07, 6.45) is 4.00. The van der Waals surface area contributed by atoms with Gasteiger partial charge in [-0.05, 0) is 35.9 Å². The molecule has 0 aliphatic rings. The second kappa shape index (κ2) is 6.56. The molecule has 0 saturated carbocycles. The molecule has 0 atom stereocenters. The fourth-order valence-electron chi connectivity index (χ4n) is 2.14. The molecular weight excluding hydrogens is 296 g/mol. The van der Waals surface area contributed by atoms with Crippen LogP contribution in [0.4, 0.5) is 0 Å². The zero-order chi connectivity index (χ0) is 15.4. The van der Waals surface area contributed by atoms with Gasteiger partial charge in [0.25, 0.3) is 0 Å². The number of rotatable bonds is 4. The standard InChI is InChI=1S/C17H15ClN4/c18-14-7-9-15(10-8-14)22-17(16(12-19)20-21-22)11-6-13-4-2-1-3-5-13/h1-11H,12,19H2/b11-6+. The molecule has 0 saturated heterocycles. The van der Waals surface area contributed by atoms with E-state index in [1.54, 1.807) is 4.68 Å². The van der Waals surface area contributed by atoms with Crippen LogP contribution in [0.5, 0.6) is 0 Å². The van der Waals surface area contributed by atoms with E-state index in [0.717, 1.165) is 22.6 Å². The Kier molecular flexibility index (Phi) is 4.32. The monoisotopic (exact) mass is 310 g/mol. The number of halogens is 1. The molecule has 1 heterocycles. The van der Waals surface area contributed by atoms with E-state index in [9.17, 15) is 0 Å². The lowest BCUT2D eigenvalue weighted by atomic mass is 10.2. The van der Waals surface area contributed by atoms with Crippen molar-refractivity contribution in [3.05, 3.63) is 76.6 Å². The first-order chi connectivity index (χ1) is 10.8. The van der Waals surface area contributed by atoms with Crippen LogP contribution in [-0.4, -0.2) is 15.0 Å². The summed E-state index contributed by atoms with van der Waals surface area (Å²) in [5.41, 5.74) is 9.38. The summed E-state index contributed by atoms with van der Waals surface area (Å²) < 4.78 is 1.76. The maximum absolute atomic E-state index is 5.93. The van der Waals surface area contributed by atoms with Crippen LogP contribution in [-0.2, 0) is 6.54 Å². The average Bonchev–Trinajstić information content (AvgIpc) is 2.97. The number of aromatic nitrogens is 3. The van der Waals surface area contributed by atoms with Gasteiger partial charge in [0.1, 0.15) is 5.69 Å². The van der Waals surface area contributed by atoms with Crippen LogP contribution in [0.25, 0.3) is 17.8 Å². The Labute approximate surface area is 133 Å². The maximum atomic E-state index is 5.93. The highest BCUT2D eigenvalue weighted by Crippen LogP contribution is 2.18. The molecule has 0 unspecified atom stereocenters. The molecule has 5 heteroatoms. The molecule has 110 valence electrons. The minimum Gasteiger partial charge on any atom is -0.325 e. The molecule has 0 amide bonds. The predicted molar refractivity (Wildman–Crippen MR) is 89.6 cm³/mol. The zero-order valence-electron chi connectivity index (χ0n) is 11.9. The molecule has 2 N–H and O–H groups in total. The van der Waals surface area contributed by atoms with E-state index in [0.29, 0.717) is 11.6 Å². The highest BCUT2D eigenvalue weighted by molar-refractivity contribution is 6.30. The van der Waals surface area contributed by atoms with Crippen molar-refractivity contribution in [2.45, 2.75) is 6.54 Å². The summed E-state index contributed by atoms with van der Waals surface area (Å²) >= 11 is 5.93. The SMILES string of the molecule is NCc1nnn(-c2ccc(Cl)cc2)c1/C=C/c1ccccc1. The van der Waals surface area contributed by atoms with Crippen LogP contribution in [0.15, 0.2) is 54.6 Å². The maximum Gasteiger partial charge on any atom is 0.104 e. The Bertz CT molecular complexity index is 776. The quantitative estimate of drug-likeness (QED) is 0.801. The summed E-state index contributed by atoms with van der Waals surface area (Å²) in [6.45, 7) is 0.335. The highest BCUT2D eigenvalue weighted by atomic mass is 35.5. The van der Waals surface area contributed by atoms with E-state index in [1.807, 2.05) is 66.7 Å². The normalized spacial score (nSPS) is 11.2. The molecule has 1 aromatic heterocycles.